The lowest BCUT2D eigenvalue weighted by molar-refractivity contribution is 0.0839. The van der Waals surface area contributed by atoms with E-state index in [0.717, 1.165) is 11.3 Å². The molecule has 3 heterocycles. The number of hydrogen-bond donors (Lipinski definition) is 2. The highest BCUT2D eigenvalue weighted by atomic mass is 32.2. The van der Waals surface area contributed by atoms with Crippen LogP contribution in [0.2, 0.25) is 0 Å². The Kier molecular flexibility index (Phi) is 5.91. The number of carbonyl (C=O) groups excluding carboxylic acids is 1. The van der Waals surface area contributed by atoms with Crippen molar-refractivity contribution in [1.82, 2.24) is 29.4 Å². The van der Waals surface area contributed by atoms with Gasteiger partial charge >= 0.3 is 0 Å². The first-order chi connectivity index (χ1) is 15.2. The number of aryl methyl sites for hydroxylation is 1. The topological polar surface area (TPSA) is 113 Å². The monoisotopic (exact) mass is 456 g/mol. The molecule has 0 spiro atoms. The minimum Gasteiger partial charge on any atom is -0.340 e. The Morgan fingerprint density at radius 2 is 2.00 bits per heavy atom. The van der Waals surface area contributed by atoms with E-state index in [1.807, 2.05) is 44.2 Å². The minimum absolute atomic E-state index is 0.00494. The number of rotatable bonds is 6. The molecule has 10 heteroatoms. The highest BCUT2D eigenvalue weighted by Crippen LogP contribution is 2.34. The van der Waals surface area contributed by atoms with E-state index in [2.05, 4.69) is 20.5 Å². The molecule has 0 aliphatic carbocycles. The zero-order valence-corrected chi connectivity index (χ0v) is 19.3. The molecule has 4 rings (SSSR count). The molecule has 2 aromatic heterocycles. The molecule has 32 heavy (non-hydrogen) atoms. The van der Waals surface area contributed by atoms with Gasteiger partial charge in [0.2, 0.25) is 0 Å². The smallest absolute Gasteiger partial charge is 0.270 e. The minimum atomic E-state index is -3.80. The third kappa shape index (κ3) is 4.20. The van der Waals surface area contributed by atoms with Gasteiger partial charge in [-0.25, -0.2) is 13.4 Å². The number of amides is 1. The van der Waals surface area contributed by atoms with Crippen molar-refractivity contribution in [2.45, 2.75) is 43.2 Å². The third-order valence-electron chi connectivity index (χ3n) is 5.86. The van der Waals surface area contributed by atoms with Crippen molar-refractivity contribution in [3.05, 3.63) is 65.9 Å². The van der Waals surface area contributed by atoms with Gasteiger partial charge in [0, 0.05) is 26.3 Å². The van der Waals surface area contributed by atoms with Crippen LogP contribution in [-0.4, -0.2) is 51.5 Å². The quantitative estimate of drug-likeness (QED) is 0.591. The fourth-order valence-corrected chi connectivity index (χ4v) is 5.58. The van der Waals surface area contributed by atoms with Crippen molar-refractivity contribution >= 4 is 15.9 Å². The van der Waals surface area contributed by atoms with E-state index in [0.29, 0.717) is 25.1 Å². The Bertz CT molecular complexity index is 1200. The lowest BCUT2D eigenvalue weighted by Gasteiger charge is -2.42. The number of hydrogen-bond acceptors (Lipinski definition) is 5. The molecule has 1 atom stereocenters. The summed E-state index contributed by atoms with van der Waals surface area (Å²) in [4.78, 5) is 17.2. The SMILES string of the molecule is CC(C)c1cc(C(=O)NC2(c3ccccc3)CCCN(S(=O)(=O)c3cn(C)cn3)C2)[nH]n1. The Hall–Kier alpha value is -2.98. The number of nitrogens with zero attached hydrogens (tertiary/aromatic N) is 4. The first-order valence-electron chi connectivity index (χ1n) is 10.6. The molecule has 1 saturated heterocycles. The van der Waals surface area contributed by atoms with Crippen LogP contribution in [-0.2, 0) is 22.6 Å². The summed E-state index contributed by atoms with van der Waals surface area (Å²) in [5, 5.41) is 10.2. The molecule has 1 unspecified atom stereocenters. The summed E-state index contributed by atoms with van der Waals surface area (Å²) >= 11 is 0. The van der Waals surface area contributed by atoms with Crippen LogP contribution in [0.4, 0.5) is 0 Å². The summed E-state index contributed by atoms with van der Waals surface area (Å²) in [7, 11) is -2.07. The van der Waals surface area contributed by atoms with Crippen molar-refractivity contribution in [3.8, 4) is 0 Å². The molecule has 2 N–H and O–H groups in total. The number of aromatic amines is 1. The van der Waals surface area contributed by atoms with Gasteiger partial charge in [0.05, 0.1) is 17.6 Å². The average Bonchev–Trinajstić information content (AvgIpc) is 3.44. The molecule has 3 aromatic rings. The summed E-state index contributed by atoms with van der Waals surface area (Å²) < 4.78 is 29.6. The molecule has 170 valence electrons. The van der Waals surface area contributed by atoms with Crippen molar-refractivity contribution in [3.63, 3.8) is 0 Å². The van der Waals surface area contributed by atoms with Crippen molar-refractivity contribution in [2.75, 3.05) is 13.1 Å². The number of H-pyrrole nitrogens is 1. The second-order valence-corrected chi connectivity index (χ2v) is 10.5. The van der Waals surface area contributed by atoms with Gasteiger partial charge in [-0.2, -0.15) is 9.40 Å². The maximum Gasteiger partial charge on any atom is 0.270 e. The second kappa shape index (κ2) is 8.51. The molecule has 1 fully saturated rings. The number of piperidine rings is 1. The normalized spacial score (nSPS) is 19.9. The van der Waals surface area contributed by atoms with Gasteiger partial charge in [-0.15, -0.1) is 0 Å². The molecule has 9 nitrogen and oxygen atoms in total. The summed E-state index contributed by atoms with van der Waals surface area (Å²) in [5.74, 6) is -0.130. The van der Waals surface area contributed by atoms with Gasteiger partial charge in [0.15, 0.2) is 5.03 Å². The van der Waals surface area contributed by atoms with E-state index in [1.54, 1.807) is 17.7 Å². The van der Waals surface area contributed by atoms with Gasteiger partial charge in [-0.1, -0.05) is 44.2 Å². The van der Waals surface area contributed by atoms with Gasteiger partial charge in [-0.05, 0) is 30.4 Å². The number of benzene rings is 1. The summed E-state index contributed by atoms with van der Waals surface area (Å²) in [6.07, 6.45) is 4.17. The lowest BCUT2D eigenvalue weighted by Crippen LogP contribution is -2.57. The first kappa shape index (κ1) is 22.2. The lowest BCUT2D eigenvalue weighted by atomic mass is 9.82. The highest BCUT2D eigenvalue weighted by Gasteiger charge is 2.43. The predicted octanol–water partition coefficient (Wildman–Crippen LogP) is 2.38. The Morgan fingerprint density at radius 3 is 2.62 bits per heavy atom. The average molecular weight is 457 g/mol. The number of sulfonamides is 1. The van der Waals surface area contributed by atoms with Crippen LogP contribution in [0, 0.1) is 0 Å². The zero-order valence-electron chi connectivity index (χ0n) is 18.4. The van der Waals surface area contributed by atoms with E-state index in [9.17, 15) is 13.2 Å². The number of aromatic nitrogens is 4. The van der Waals surface area contributed by atoms with E-state index in [4.69, 9.17) is 0 Å². The zero-order chi connectivity index (χ0) is 22.9. The Morgan fingerprint density at radius 1 is 1.25 bits per heavy atom. The fourth-order valence-electron chi connectivity index (χ4n) is 4.08. The molecule has 1 aliphatic heterocycles. The number of imidazole rings is 1. The second-order valence-electron chi connectivity index (χ2n) is 8.58. The van der Waals surface area contributed by atoms with Crippen molar-refractivity contribution < 1.29 is 13.2 Å². The van der Waals surface area contributed by atoms with Crippen LogP contribution in [0.25, 0.3) is 0 Å². The third-order valence-corrected chi connectivity index (χ3v) is 7.59. The summed E-state index contributed by atoms with van der Waals surface area (Å²) in [6.45, 7) is 4.49. The van der Waals surface area contributed by atoms with Gasteiger partial charge in [0.25, 0.3) is 15.9 Å². The molecule has 1 aliphatic rings. The largest absolute Gasteiger partial charge is 0.340 e. The van der Waals surface area contributed by atoms with E-state index >= 15 is 0 Å². The van der Waals surface area contributed by atoms with Crippen LogP contribution < -0.4 is 5.32 Å². The first-order valence-corrected chi connectivity index (χ1v) is 12.1. The van der Waals surface area contributed by atoms with E-state index in [1.165, 1.54) is 16.8 Å². The van der Waals surface area contributed by atoms with Crippen LogP contribution in [0.1, 0.15) is 54.4 Å². The van der Waals surface area contributed by atoms with E-state index in [-0.39, 0.29) is 23.4 Å². The standard InChI is InChI=1S/C22H28N6O3S/c1-16(2)18-12-19(26-25-18)21(29)24-22(17-8-5-4-6-9-17)10-7-11-28(14-22)32(30,31)20-13-27(3)15-23-20/h4-6,8-9,12-13,15-16H,7,10-11,14H2,1-3H3,(H,24,29)(H,25,26). The molecule has 1 aromatic carbocycles. The molecular formula is C22H28N6O3S. The highest BCUT2D eigenvalue weighted by molar-refractivity contribution is 7.89. The van der Waals surface area contributed by atoms with Crippen molar-refractivity contribution in [2.24, 2.45) is 7.05 Å². The van der Waals surface area contributed by atoms with Gasteiger partial charge in [-0.3, -0.25) is 9.89 Å². The molecule has 0 saturated carbocycles. The maximum absolute atomic E-state index is 13.3. The molecule has 0 bridgehead atoms. The summed E-state index contributed by atoms with van der Waals surface area (Å²) in [5.41, 5.74) is 1.14. The fraction of sp³-hybridized carbons (Fsp3) is 0.409. The van der Waals surface area contributed by atoms with Gasteiger partial charge < -0.3 is 9.88 Å². The number of nitrogens with one attached hydrogen (secondary N) is 2. The Labute approximate surface area is 187 Å². The van der Waals surface area contributed by atoms with Crippen LogP contribution >= 0.6 is 0 Å². The molecule has 0 radical (unpaired) electrons. The predicted molar refractivity (Wildman–Crippen MR) is 119 cm³/mol. The maximum atomic E-state index is 13.3. The Balaban J connectivity index is 1.68. The number of carbonyl (C=O) groups is 1. The van der Waals surface area contributed by atoms with Gasteiger partial charge in [0.1, 0.15) is 5.69 Å². The molecular weight excluding hydrogens is 428 g/mol. The molecule has 1 amide bonds. The van der Waals surface area contributed by atoms with Crippen LogP contribution in [0.5, 0.6) is 0 Å². The van der Waals surface area contributed by atoms with E-state index < -0.39 is 15.6 Å². The van der Waals surface area contributed by atoms with Crippen LogP contribution in [0.15, 0.2) is 53.9 Å². The van der Waals surface area contributed by atoms with Crippen molar-refractivity contribution in [1.29, 1.82) is 0 Å². The summed E-state index contributed by atoms with van der Waals surface area (Å²) in [6, 6.07) is 11.3. The van der Waals surface area contributed by atoms with Crippen LogP contribution in [0.3, 0.4) is 0 Å².